The highest BCUT2D eigenvalue weighted by Crippen LogP contribution is 2.24. The van der Waals surface area contributed by atoms with Crippen molar-refractivity contribution >= 4 is 17.4 Å². The third kappa shape index (κ3) is 5.63. The van der Waals surface area contributed by atoms with Crippen LogP contribution in [-0.2, 0) is 4.79 Å². The second-order valence-electron chi connectivity index (χ2n) is 8.29. The van der Waals surface area contributed by atoms with Gasteiger partial charge in [-0.1, -0.05) is 48.5 Å². The highest BCUT2D eigenvalue weighted by atomic mass is 16.1. The number of carbonyl (C=O) groups is 1. The fourth-order valence-corrected chi connectivity index (χ4v) is 4.13. The number of hydrogen-bond acceptors (Lipinski definition) is 5. The largest absolute Gasteiger partial charge is 0.375 e. The van der Waals surface area contributed by atoms with E-state index in [0.29, 0.717) is 13.1 Å². The Bertz CT molecular complexity index is 995. The summed E-state index contributed by atoms with van der Waals surface area (Å²) in [5.41, 5.74) is 2.20. The Morgan fingerprint density at radius 3 is 2.62 bits per heavy atom. The summed E-state index contributed by atoms with van der Waals surface area (Å²) in [5, 5.41) is 3.14. The van der Waals surface area contributed by atoms with Crippen LogP contribution in [-0.4, -0.2) is 49.1 Å². The smallest absolute Gasteiger partial charge is 0.224 e. The molecule has 0 bridgehead atoms. The summed E-state index contributed by atoms with van der Waals surface area (Å²) < 4.78 is 0. The zero-order chi connectivity index (χ0) is 22.2. The Morgan fingerprint density at radius 1 is 1.09 bits per heavy atom. The number of amides is 1. The highest BCUT2D eigenvalue weighted by molar-refractivity contribution is 5.79. The zero-order valence-corrected chi connectivity index (χ0v) is 18.7. The fraction of sp³-hybridized carbons (Fsp3) is 0.346. The summed E-state index contributed by atoms with van der Waals surface area (Å²) in [7, 11) is 2.08. The number of para-hydroxylation sites is 1. The van der Waals surface area contributed by atoms with E-state index in [1.807, 2.05) is 54.6 Å². The molecule has 1 aromatic heterocycles. The maximum Gasteiger partial charge on any atom is 0.224 e. The predicted molar refractivity (Wildman–Crippen MR) is 130 cm³/mol. The van der Waals surface area contributed by atoms with Crippen LogP contribution >= 0.6 is 0 Å². The number of aromatic nitrogens is 2. The molecule has 1 fully saturated rings. The molecule has 2 aromatic carbocycles. The fourth-order valence-electron chi connectivity index (χ4n) is 4.13. The Labute approximate surface area is 190 Å². The molecule has 2 heterocycles. The minimum atomic E-state index is -0.00857. The number of anilines is 2. The summed E-state index contributed by atoms with van der Waals surface area (Å²) in [6.07, 6.45) is 4.62. The summed E-state index contributed by atoms with van der Waals surface area (Å²) in [6.45, 7) is 3.21. The molecule has 0 saturated carbocycles. The van der Waals surface area contributed by atoms with Gasteiger partial charge < -0.3 is 15.1 Å². The lowest BCUT2D eigenvalue weighted by Crippen LogP contribution is -2.43. The maximum absolute atomic E-state index is 12.8. The van der Waals surface area contributed by atoms with E-state index >= 15 is 0 Å². The van der Waals surface area contributed by atoms with Gasteiger partial charge in [-0.3, -0.25) is 4.79 Å². The lowest BCUT2D eigenvalue weighted by Gasteiger charge is -2.33. The van der Waals surface area contributed by atoms with Gasteiger partial charge in [0, 0.05) is 50.7 Å². The van der Waals surface area contributed by atoms with E-state index in [4.69, 9.17) is 4.98 Å². The van der Waals surface area contributed by atoms with Gasteiger partial charge in [0.05, 0.1) is 5.92 Å². The first-order valence-corrected chi connectivity index (χ1v) is 11.4. The molecule has 6 heteroatoms. The molecule has 3 aromatic rings. The summed E-state index contributed by atoms with van der Waals surface area (Å²) in [5.74, 6) is 1.75. The Morgan fingerprint density at radius 2 is 1.84 bits per heavy atom. The molecule has 6 nitrogen and oxygen atoms in total. The molecule has 1 saturated heterocycles. The van der Waals surface area contributed by atoms with Crippen molar-refractivity contribution in [2.24, 2.45) is 5.92 Å². The van der Waals surface area contributed by atoms with E-state index in [9.17, 15) is 4.79 Å². The van der Waals surface area contributed by atoms with Crippen LogP contribution in [0.4, 0.5) is 11.5 Å². The van der Waals surface area contributed by atoms with Gasteiger partial charge in [0.1, 0.15) is 5.82 Å². The molecule has 1 N–H and O–H groups in total. The van der Waals surface area contributed by atoms with Crippen LogP contribution in [0.3, 0.4) is 0 Å². The molecule has 32 heavy (non-hydrogen) atoms. The maximum atomic E-state index is 12.8. The van der Waals surface area contributed by atoms with Crippen molar-refractivity contribution in [3.8, 4) is 11.4 Å². The lowest BCUT2D eigenvalue weighted by molar-refractivity contribution is -0.125. The molecule has 1 atom stereocenters. The molecule has 1 aliphatic heterocycles. The minimum absolute atomic E-state index is 0.00857. The standard InChI is InChI=1S/C26H31N5O/c1-30(23-13-6-3-7-14-23)18-9-16-28-26(32)22-12-8-19-31(20-22)24-15-17-27-25(29-24)21-10-4-2-5-11-21/h2-7,10-11,13-15,17,22H,8-9,12,16,18-20H2,1H3,(H,28,32). The zero-order valence-electron chi connectivity index (χ0n) is 18.7. The van der Waals surface area contributed by atoms with E-state index in [2.05, 4.69) is 39.3 Å². The van der Waals surface area contributed by atoms with Gasteiger partial charge in [-0.2, -0.15) is 0 Å². The van der Waals surface area contributed by atoms with Crippen molar-refractivity contribution in [2.75, 3.05) is 43.0 Å². The summed E-state index contributed by atoms with van der Waals surface area (Å²) >= 11 is 0. The number of nitrogens with zero attached hydrogens (tertiary/aromatic N) is 4. The molecule has 1 aliphatic rings. The monoisotopic (exact) mass is 429 g/mol. The quantitative estimate of drug-likeness (QED) is 0.549. The highest BCUT2D eigenvalue weighted by Gasteiger charge is 2.26. The van der Waals surface area contributed by atoms with E-state index in [1.165, 1.54) is 5.69 Å². The van der Waals surface area contributed by atoms with Crippen LogP contribution in [0.25, 0.3) is 11.4 Å². The van der Waals surface area contributed by atoms with Gasteiger partial charge in [0.25, 0.3) is 0 Å². The molecule has 1 unspecified atom stereocenters. The predicted octanol–water partition coefficient (Wildman–Crippen LogP) is 4.00. The van der Waals surface area contributed by atoms with Crippen molar-refractivity contribution in [2.45, 2.75) is 19.3 Å². The number of benzene rings is 2. The second-order valence-corrected chi connectivity index (χ2v) is 8.29. The molecule has 4 rings (SSSR count). The topological polar surface area (TPSA) is 61.4 Å². The van der Waals surface area contributed by atoms with Crippen molar-refractivity contribution in [1.82, 2.24) is 15.3 Å². The SMILES string of the molecule is CN(CCCNC(=O)C1CCCN(c2ccnc(-c3ccccc3)n2)C1)c1ccccc1. The van der Waals surface area contributed by atoms with Gasteiger partial charge in [-0.05, 0) is 37.5 Å². The van der Waals surface area contributed by atoms with Gasteiger partial charge >= 0.3 is 0 Å². The first-order valence-electron chi connectivity index (χ1n) is 11.4. The van der Waals surface area contributed by atoms with Gasteiger partial charge in [0.2, 0.25) is 5.91 Å². The van der Waals surface area contributed by atoms with Crippen LogP contribution in [0.15, 0.2) is 72.9 Å². The number of rotatable bonds is 8. The van der Waals surface area contributed by atoms with Gasteiger partial charge in [0.15, 0.2) is 5.82 Å². The minimum Gasteiger partial charge on any atom is -0.375 e. The summed E-state index contributed by atoms with van der Waals surface area (Å²) in [4.78, 5) is 26.4. The van der Waals surface area contributed by atoms with Crippen molar-refractivity contribution in [3.63, 3.8) is 0 Å². The second kappa shape index (κ2) is 10.8. The third-order valence-electron chi connectivity index (χ3n) is 5.96. The Balaban J connectivity index is 1.28. The molecule has 166 valence electrons. The molecule has 0 spiro atoms. The summed E-state index contributed by atoms with van der Waals surface area (Å²) in [6, 6.07) is 22.3. The van der Waals surface area contributed by atoms with Gasteiger partial charge in [-0.25, -0.2) is 9.97 Å². The first-order chi connectivity index (χ1) is 15.7. The van der Waals surface area contributed by atoms with Gasteiger partial charge in [-0.15, -0.1) is 0 Å². The van der Waals surface area contributed by atoms with E-state index in [0.717, 1.165) is 49.6 Å². The normalized spacial score (nSPS) is 15.9. The molecule has 1 amide bonds. The van der Waals surface area contributed by atoms with Crippen molar-refractivity contribution < 1.29 is 4.79 Å². The number of carbonyl (C=O) groups excluding carboxylic acids is 1. The molecular formula is C26H31N5O. The molecule has 0 radical (unpaired) electrons. The van der Waals surface area contributed by atoms with Crippen LogP contribution in [0.1, 0.15) is 19.3 Å². The number of nitrogens with one attached hydrogen (secondary N) is 1. The van der Waals surface area contributed by atoms with Crippen LogP contribution < -0.4 is 15.1 Å². The van der Waals surface area contributed by atoms with E-state index in [-0.39, 0.29) is 11.8 Å². The number of piperidine rings is 1. The average Bonchev–Trinajstić information content (AvgIpc) is 2.87. The average molecular weight is 430 g/mol. The Hall–Kier alpha value is -3.41. The third-order valence-corrected chi connectivity index (χ3v) is 5.96. The van der Waals surface area contributed by atoms with Crippen LogP contribution in [0, 0.1) is 5.92 Å². The van der Waals surface area contributed by atoms with E-state index in [1.54, 1.807) is 6.20 Å². The number of hydrogen-bond donors (Lipinski definition) is 1. The molecule has 0 aliphatic carbocycles. The van der Waals surface area contributed by atoms with Crippen molar-refractivity contribution in [1.29, 1.82) is 0 Å². The van der Waals surface area contributed by atoms with E-state index < -0.39 is 0 Å². The lowest BCUT2D eigenvalue weighted by atomic mass is 9.97. The first kappa shape index (κ1) is 21.8. The van der Waals surface area contributed by atoms with Crippen molar-refractivity contribution in [3.05, 3.63) is 72.9 Å². The Kier molecular flexibility index (Phi) is 7.33. The van der Waals surface area contributed by atoms with Crippen LogP contribution in [0.2, 0.25) is 0 Å². The molecular weight excluding hydrogens is 398 g/mol. The van der Waals surface area contributed by atoms with Crippen LogP contribution in [0.5, 0.6) is 0 Å².